The highest BCUT2D eigenvalue weighted by atomic mass is 16.6. The molecule has 2 aromatic rings. The Morgan fingerprint density at radius 3 is 2.00 bits per heavy atom. The predicted octanol–water partition coefficient (Wildman–Crippen LogP) is 4.05. The first-order chi connectivity index (χ1) is 11.7. The topological polar surface area (TPSA) is 84.6 Å². The summed E-state index contributed by atoms with van der Waals surface area (Å²) in [6.07, 6.45) is 0. The average Bonchev–Trinajstić information content (AvgIpc) is 2.58. The number of hydrogen-bond donors (Lipinski definition) is 1. The molecule has 1 amide bonds. The lowest BCUT2D eigenvalue weighted by Crippen LogP contribution is -2.19. The van der Waals surface area contributed by atoms with Gasteiger partial charge in [0.1, 0.15) is 0 Å². The van der Waals surface area contributed by atoms with Gasteiger partial charge < -0.3 is 0 Å². The van der Waals surface area contributed by atoms with Crippen LogP contribution in [-0.4, -0.2) is 16.5 Å². The summed E-state index contributed by atoms with van der Waals surface area (Å²) in [7, 11) is 0. The molecule has 2 aromatic carbocycles. The van der Waals surface area contributed by atoms with Crippen LogP contribution in [0, 0.1) is 10.1 Å². The Morgan fingerprint density at radius 2 is 1.52 bits per heavy atom. The second kappa shape index (κ2) is 7.25. The zero-order chi connectivity index (χ0) is 18.6. The number of hydrogen-bond acceptors (Lipinski definition) is 4. The van der Waals surface area contributed by atoms with Gasteiger partial charge in [0.25, 0.3) is 11.6 Å². The van der Waals surface area contributed by atoms with Crippen LogP contribution in [0.2, 0.25) is 0 Å². The van der Waals surface area contributed by atoms with E-state index in [1.54, 1.807) is 0 Å². The summed E-state index contributed by atoms with van der Waals surface area (Å²) in [6.45, 7) is 8.25. The minimum Gasteiger partial charge on any atom is -0.267 e. The fourth-order valence-electron chi connectivity index (χ4n) is 2.21. The van der Waals surface area contributed by atoms with Gasteiger partial charge in [-0.15, -0.1) is 0 Å². The first-order valence-corrected chi connectivity index (χ1v) is 7.88. The maximum Gasteiger partial charge on any atom is 0.271 e. The third-order valence-electron chi connectivity index (χ3n) is 3.83. The number of nitrogens with one attached hydrogen (secondary N) is 1. The van der Waals surface area contributed by atoms with Crippen LogP contribution >= 0.6 is 0 Å². The van der Waals surface area contributed by atoms with Gasteiger partial charge in [-0.3, -0.25) is 14.9 Å². The van der Waals surface area contributed by atoms with Gasteiger partial charge >= 0.3 is 0 Å². The molecule has 0 aliphatic rings. The quantitative estimate of drug-likeness (QED) is 0.518. The van der Waals surface area contributed by atoms with E-state index in [9.17, 15) is 14.9 Å². The molecule has 6 heteroatoms. The summed E-state index contributed by atoms with van der Waals surface area (Å²) >= 11 is 0. The molecule has 6 nitrogen and oxygen atoms in total. The van der Waals surface area contributed by atoms with Crippen molar-refractivity contribution in [3.63, 3.8) is 0 Å². The summed E-state index contributed by atoms with van der Waals surface area (Å²) in [5, 5.41) is 14.7. The lowest BCUT2D eigenvalue weighted by Gasteiger charge is -2.19. The molecule has 130 valence electrons. The number of benzene rings is 2. The van der Waals surface area contributed by atoms with E-state index < -0.39 is 10.8 Å². The molecule has 0 bridgehead atoms. The van der Waals surface area contributed by atoms with Crippen LogP contribution in [0.25, 0.3) is 0 Å². The van der Waals surface area contributed by atoms with Crippen LogP contribution in [0.5, 0.6) is 0 Å². The van der Waals surface area contributed by atoms with E-state index in [1.165, 1.54) is 29.8 Å². The Labute approximate surface area is 146 Å². The minimum absolute atomic E-state index is 0.0600. The summed E-state index contributed by atoms with van der Waals surface area (Å²) in [5.41, 5.74) is 5.61. The highest BCUT2D eigenvalue weighted by Gasteiger charge is 2.13. The van der Waals surface area contributed by atoms with Crippen LogP contribution in [0.4, 0.5) is 5.69 Å². The second-order valence-corrected chi connectivity index (χ2v) is 6.77. The molecule has 25 heavy (non-hydrogen) atoms. The van der Waals surface area contributed by atoms with Crippen molar-refractivity contribution in [1.82, 2.24) is 5.43 Å². The molecule has 0 radical (unpaired) electrons. The maximum atomic E-state index is 12.1. The van der Waals surface area contributed by atoms with E-state index in [0.717, 1.165) is 5.56 Å². The van der Waals surface area contributed by atoms with E-state index in [-0.39, 0.29) is 11.1 Å². The van der Waals surface area contributed by atoms with Crippen molar-refractivity contribution in [3.8, 4) is 0 Å². The first-order valence-electron chi connectivity index (χ1n) is 7.88. The van der Waals surface area contributed by atoms with Crippen LogP contribution in [0.1, 0.15) is 49.2 Å². The Bertz CT molecular complexity index is 801. The SMILES string of the molecule is CC(=NNC(=O)c1ccc([N+](=O)[O-])cc1)c1ccc(C(C)(C)C)cc1. The largest absolute Gasteiger partial charge is 0.271 e. The normalized spacial score (nSPS) is 11.9. The van der Waals surface area contributed by atoms with E-state index in [1.807, 2.05) is 31.2 Å². The lowest BCUT2D eigenvalue weighted by atomic mass is 9.86. The van der Waals surface area contributed by atoms with Crippen molar-refractivity contribution >= 4 is 17.3 Å². The van der Waals surface area contributed by atoms with E-state index in [4.69, 9.17) is 0 Å². The number of carbonyl (C=O) groups is 1. The molecule has 2 rings (SSSR count). The molecule has 0 heterocycles. The zero-order valence-corrected chi connectivity index (χ0v) is 14.7. The molecule has 0 fully saturated rings. The molecule has 0 spiro atoms. The zero-order valence-electron chi connectivity index (χ0n) is 14.7. The second-order valence-electron chi connectivity index (χ2n) is 6.77. The third-order valence-corrected chi connectivity index (χ3v) is 3.83. The number of hydrazone groups is 1. The molecule has 0 atom stereocenters. The Kier molecular flexibility index (Phi) is 5.32. The molecule has 0 aliphatic heterocycles. The van der Waals surface area contributed by atoms with E-state index in [2.05, 4.69) is 31.3 Å². The van der Waals surface area contributed by atoms with Crippen molar-refractivity contribution in [2.75, 3.05) is 0 Å². The minimum atomic E-state index is -0.509. The number of non-ortho nitro benzene ring substituents is 1. The highest BCUT2D eigenvalue weighted by Crippen LogP contribution is 2.22. The molecule has 0 saturated carbocycles. The first kappa shape index (κ1) is 18.3. The summed E-state index contributed by atoms with van der Waals surface area (Å²) in [5.74, 6) is -0.416. The van der Waals surface area contributed by atoms with Crippen molar-refractivity contribution < 1.29 is 9.72 Å². The standard InChI is InChI=1S/C19H21N3O3/c1-13(14-5-9-16(10-6-14)19(2,3)4)20-21-18(23)15-7-11-17(12-8-15)22(24)25/h5-12H,1-4H3,(H,21,23). The monoisotopic (exact) mass is 339 g/mol. The van der Waals surface area contributed by atoms with Crippen LogP contribution in [0.15, 0.2) is 53.6 Å². The van der Waals surface area contributed by atoms with Crippen LogP contribution in [0.3, 0.4) is 0 Å². The van der Waals surface area contributed by atoms with Gasteiger partial charge in [-0.1, -0.05) is 45.0 Å². The lowest BCUT2D eigenvalue weighted by molar-refractivity contribution is -0.384. The van der Waals surface area contributed by atoms with Gasteiger partial charge in [0, 0.05) is 17.7 Å². The number of carbonyl (C=O) groups excluding carboxylic acids is 1. The fraction of sp³-hybridized carbons (Fsp3) is 0.263. The average molecular weight is 339 g/mol. The summed E-state index contributed by atoms with van der Waals surface area (Å²) < 4.78 is 0. The Balaban J connectivity index is 2.07. The fourth-order valence-corrected chi connectivity index (χ4v) is 2.21. The van der Waals surface area contributed by atoms with Gasteiger partial charge in [-0.25, -0.2) is 5.43 Å². The maximum absolute atomic E-state index is 12.1. The van der Waals surface area contributed by atoms with Gasteiger partial charge in [0.05, 0.1) is 10.6 Å². The molecule has 0 unspecified atom stereocenters. The summed E-state index contributed by atoms with van der Waals surface area (Å²) in [6, 6.07) is 13.4. The van der Waals surface area contributed by atoms with Crippen molar-refractivity contribution in [2.24, 2.45) is 5.10 Å². The molecular formula is C19H21N3O3. The van der Waals surface area contributed by atoms with Gasteiger partial charge in [0.15, 0.2) is 0 Å². The van der Waals surface area contributed by atoms with Crippen LogP contribution in [-0.2, 0) is 5.41 Å². The molecule has 0 aliphatic carbocycles. The predicted molar refractivity (Wildman–Crippen MR) is 97.9 cm³/mol. The van der Waals surface area contributed by atoms with Gasteiger partial charge in [0.2, 0.25) is 0 Å². The van der Waals surface area contributed by atoms with Gasteiger partial charge in [-0.2, -0.15) is 5.10 Å². The van der Waals surface area contributed by atoms with Crippen molar-refractivity contribution in [2.45, 2.75) is 33.1 Å². The third kappa shape index (κ3) is 4.73. The number of nitro groups is 1. The number of nitrogens with zero attached hydrogens (tertiary/aromatic N) is 2. The number of rotatable bonds is 4. The summed E-state index contributed by atoms with van der Waals surface area (Å²) in [4.78, 5) is 22.2. The Hall–Kier alpha value is -3.02. The van der Waals surface area contributed by atoms with Crippen molar-refractivity contribution in [1.29, 1.82) is 0 Å². The van der Waals surface area contributed by atoms with Gasteiger partial charge in [-0.05, 0) is 35.6 Å². The van der Waals surface area contributed by atoms with Crippen molar-refractivity contribution in [3.05, 3.63) is 75.3 Å². The van der Waals surface area contributed by atoms with Crippen LogP contribution < -0.4 is 5.43 Å². The van der Waals surface area contributed by atoms with E-state index in [0.29, 0.717) is 11.3 Å². The molecule has 1 N–H and O–H groups in total. The Morgan fingerprint density at radius 1 is 1.00 bits per heavy atom. The van der Waals surface area contributed by atoms with E-state index >= 15 is 0 Å². The molecular weight excluding hydrogens is 318 g/mol. The smallest absolute Gasteiger partial charge is 0.267 e. The molecule has 0 aromatic heterocycles. The number of amides is 1. The molecule has 0 saturated heterocycles. The number of nitro benzene ring substituents is 1. The highest BCUT2D eigenvalue weighted by molar-refractivity contribution is 6.00.